The van der Waals surface area contributed by atoms with Crippen molar-refractivity contribution in [3.05, 3.63) is 30.3 Å². The van der Waals surface area contributed by atoms with Gasteiger partial charge in [-0.1, -0.05) is 32.0 Å². The van der Waals surface area contributed by atoms with Crippen molar-refractivity contribution >= 4 is 11.8 Å². The van der Waals surface area contributed by atoms with Gasteiger partial charge >= 0.3 is 5.97 Å². The molecule has 8 atom stereocenters. The molecule has 0 bridgehead atoms. The van der Waals surface area contributed by atoms with Crippen LogP contribution < -0.4 is 4.74 Å². The molecule has 4 saturated carbocycles. The fourth-order valence-electron chi connectivity index (χ4n) is 9.20. The summed E-state index contributed by atoms with van der Waals surface area (Å²) in [6.07, 6.45) is 10.7. The zero-order valence-electron chi connectivity index (χ0n) is 21.3. The quantitative estimate of drug-likeness (QED) is 0.451. The van der Waals surface area contributed by atoms with Gasteiger partial charge in [-0.05, 0) is 104 Å². The number of fused-ring (bicyclic) bond motifs is 5. The molecule has 4 aliphatic carbocycles. The summed E-state index contributed by atoms with van der Waals surface area (Å²) in [7, 11) is 1.53. The number of rotatable bonds is 6. The first-order valence-corrected chi connectivity index (χ1v) is 13.6. The second-order valence-corrected chi connectivity index (χ2v) is 12.2. The van der Waals surface area contributed by atoms with Crippen molar-refractivity contribution in [1.29, 1.82) is 0 Å². The monoisotopic (exact) mass is 466 g/mol. The summed E-state index contributed by atoms with van der Waals surface area (Å²) in [4.78, 5) is 25.2. The van der Waals surface area contributed by atoms with Crippen molar-refractivity contribution in [2.45, 2.75) is 78.1 Å². The molecule has 4 fully saturated rings. The molecule has 1 aromatic carbocycles. The smallest absolute Gasteiger partial charge is 0.309 e. The Labute approximate surface area is 205 Å². The van der Waals surface area contributed by atoms with Gasteiger partial charge in [-0.15, -0.1) is 0 Å². The molecule has 0 N–H and O–H groups in total. The first-order valence-electron chi connectivity index (χ1n) is 13.6. The van der Waals surface area contributed by atoms with E-state index in [4.69, 9.17) is 9.47 Å². The minimum atomic E-state index is -0.0977. The van der Waals surface area contributed by atoms with Crippen LogP contribution >= 0.6 is 0 Å². The highest BCUT2D eigenvalue weighted by Crippen LogP contribution is 2.68. The van der Waals surface area contributed by atoms with Crippen LogP contribution in [-0.4, -0.2) is 25.5 Å². The summed E-state index contributed by atoms with van der Waals surface area (Å²) in [5.41, 5.74) is 0.530. The number of esters is 1. The van der Waals surface area contributed by atoms with Crippen molar-refractivity contribution in [3.63, 3.8) is 0 Å². The highest BCUT2D eigenvalue weighted by molar-refractivity contribution is 5.79. The van der Waals surface area contributed by atoms with E-state index in [-0.39, 0.29) is 17.3 Å². The van der Waals surface area contributed by atoms with E-state index in [0.717, 1.165) is 43.3 Å². The number of Topliss-reactive ketones (excluding diaryl/α,β-unsaturated/α-hetero) is 1. The second kappa shape index (κ2) is 9.32. The highest BCUT2D eigenvalue weighted by atomic mass is 16.5. The number of methoxy groups -OCH3 is 1. The van der Waals surface area contributed by atoms with Crippen LogP contribution in [0.2, 0.25) is 0 Å². The normalized spacial score (nSPS) is 40.0. The molecule has 5 rings (SSSR count). The van der Waals surface area contributed by atoms with E-state index in [9.17, 15) is 9.59 Å². The minimum Gasteiger partial charge on any atom is -0.494 e. The molecule has 1 aromatic rings. The minimum absolute atomic E-state index is 0.0628. The Kier molecular flexibility index (Phi) is 6.54. The van der Waals surface area contributed by atoms with Gasteiger partial charge in [0.15, 0.2) is 0 Å². The lowest BCUT2D eigenvalue weighted by Crippen LogP contribution is -2.54. The Morgan fingerprint density at radius 2 is 1.76 bits per heavy atom. The average molecular weight is 467 g/mol. The average Bonchev–Trinajstić information content (AvgIpc) is 3.19. The number of benzene rings is 1. The molecule has 0 unspecified atom stereocenters. The van der Waals surface area contributed by atoms with Gasteiger partial charge in [0.25, 0.3) is 0 Å². The third-order valence-corrected chi connectivity index (χ3v) is 11.0. The Morgan fingerprint density at radius 1 is 1.00 bits per heavy atom. The molecule has 0 spiro atoms. The summed E-state index contributed by atoms with van der Waals surface area (Å²) in [6.45, 7) is 5.54. The topological polar surface area (TPSA) is 52.6 Å². The lowest BCUT2D eigenvalue weighted by Gasteiger charge is -2.60. The van der Waals surface area contributed by atoms with Crippen molar-refractivity contribution in [3.8, 4) is 5.75 Å². The van der Waals surface area contributed by atoms with Crippen LogP contribution in [0.3, 0.4) is 0 Å². The number of ether oxygens (including phenoxy) is 2. The van der Waals surface area contributed by atoms with Crippen LogP contribution in [0.15, 0.2) is 30.3 Å². The molecule has 4 aliphatic rings. The van der Waals surface area contributed by atoms with Gasteiger partial charge in [0.2, 0.25) is 0 Å². The molecule has 0 radical (unpaired) electrons. The van der Waals surface area contributed by atoms with Crippen molar-refractivity contribution in [1.82, 2.24) is 0 Å². The molecule has 0 aliphatic heterocycles. The third-order valence-electron chi connectivity index (χ3n) is 11.0. The fourth-order valence-corrected chi connectivity index (χ4v) is 9.20. The Morgan fingerprint density at radius 3 is 2.53 bits per heavy atom. The van der Waals surface area contributed by atoms with Crippen molar-refractivity contribution in [2.75, 3.05) is 13.7 Å². The van der Waals surface area contributed by atoms with E-state index in [1.54, 1.807) is 0 Å². The molecular formula is C30H42O4. The first kappa shape index (κ1) is 23.9. The molecule has 0 saturated heterocycles. The maximum atomic E-state index is 13.0. The lowest BCUT2D eigenvalue weighted by atomic mass is 9.44. The maximum Gasteiger partial charge on any atom is 0.309 e. The standard InChI is InChI=1S/C30H42O4/c1-29-16-13-21(31)19-20(29)9-10-23-25-11-12-26(30(25,2)17-14-27(23)29)24(28(32)33-3)15-18-34-22-7-5-4-6-8-22/h4-8,20,23-27H,9-19H2,1-3H3/t20-,23-,24+,25-,26+,27-,29-,30-/m0/s1. The molecule has 186 valence electrons. The van der Waals surface area contributed by atoms with Gasteiger partial charge in [0.1, 0.15) is 11.5 Å². The second-order valence-electron chi connectivity index (χ2n) is 12.2. The number of para-hydroxylation sites is 1. The van der Waals surface area contributed by atoms with Gasteiger partial charge in [0, 0.05) is 12.8 Å². The summed E-state index contributed by atoms with van der Waals surface area (Å²) < 4.78 is 11.3. The Hall–Kier alpha value is -1.84. The van der Waals surface area contributed by atoms with Crippen LogP contribution in [0.1, 0.15) is 78.1 Å². The van der Waals surface area contributed by atoms with Crippen LogP contribution in [0.5, 0.6) is 5.75 Å². The largest absolute Gasteiger partial charge is 0.494 e. The predicted octanol–water partition coefficient (Wildman–Crippen LogP) is 6.47. The van der Waals surface area contributed by atoms with Crippen LogP contribution in [0, 0.1) is 46.3 Å². The van der Waals surface area contributed by atoms with Crippen LogP contribution in [0.25, 0.3) is 0 Å². The van der Waals surface area contributed by atoms with E-state index >= 15 is 0 Å². The molecule has 0 aromatic heterocycles. The molecule has 34 heavy (non-hydrogen) atoms. The Bertz CT molecular complexity index is 896. The van der Waals surface area contributed by atoms with Crippen molar-refractivity contribution in [2.24, 2.45) is 46.3 Å². The SMILES string of the molecule is COC(=O)[C@H](CCOc1ccccc1)[C@H]1CC[C@H]2[C@@H]3CC[C@H]4CC(=O)CC[C@]4(C)[C@H]3CC[C@]12C. The van der Waals surface area contributed by atoms with Gasteiger partial charge < -0.3 is 9.47 Å². The van der Waals surface area contributed by atoms with Gasteiger partial charge in [-0.3, -0.25) is 9.59 Å². The zero-order chi connectivity index (χ0) is 23.9. The molecule has 0 amide bonds. The number of carbonyl (C=O) groups excluding carboxylic acids is 2. The first-order chi connectivity index (χ1) is 16.4. The number of ketones is 1. The van der Waals surface area contributed by atoms with E-state index in [0.29, 0.717) is 42.0 Å². The zero-order valence-corrected chi connectivity index (χ0v) is 21.3. The number of carbonyl (C=O) groups is 2. The number of hydrogen-bond donors (Lipinski definition) is 0. The molecular weight excluding hydrogens is 424 g/mol. The van der Waals surface area contributed by atoms with Crippen molar-refractivity contribution < 1.29 is 19.1 Å². The lowest BCUT2D eigenvalue weighted by molar-refractivity contribution is -0.154. The summed E-state index contributed by atoms with van der Waals surface area (Å²) in [5.74, 6) is 4.32. The highest BCUT2D eigenvalue weighted by Gasteiger charge is 2.61. The van der Waals surface area contributed by atoms with Gasteiger partial charge in [-0.2, -0.15) is 0 Å². The molecule has 4 heteroatoms. The van der Waals surface area contributed by atoms with E-state index in [1.165, 1.54) is 39.2 Å². The number of hydrogen-bond acceptors (Lipinski definition) is 4. The van der Waals surface area contributed by atoms with E-state index in [1.807, 2.05) is 30.3 Å². The molecule has 0 heterocycles. The van der Waals surface area contributed by atoms with Gasteiger partial charge in [0.05, 0.1) is 19.6 Å². The van der Waals surface area contributed by atoms with Crippen LogP contribution in [0.4, 0.5) is 0 Å². The summed E-state index contributed by atoms with van der Waals surface area (Å²) in [5, 5.41) is 0. The van der Waals surface area contributed by atoms with Crippen LogP contribution in [-0.2, 0) is 14.3 Å². The summed E-state index contributed by atoms with van der Waals surface area (Å²) >= 11 is 0. The van der Waals surface area contributed by atoms with E-state index in [2.05, 4.69) is 13.8 Å². The predicted molar refractivity (Wildman–Crippen MR) is 132 cm³/mol. The third kappa shape index (κ3) is 3.99. The maximum absolute atomic E-state index is 13.0. The molecule has 4 nitrogen and oxygen atoms in total. The Balaban J connectivity index is 1.32. The summed E-state index contributed by atoms with van der Waals surface area (Å²) in [6, 6.07) is 9.88. The fraction of sp³-hybridized carbons (Fsp3) is 0.733. The van der Waals surface area contributed by atoms with E-state index < -0.39 is 0 Å². The van der Waals surface area contributed by atoms with Gasteiger partial charge in [-0.25, -0.2) is 0 Å².